The van der Waals surface area contributed by atoms with Crippen molar-refractivity contribution >= 4 is 17.5 Å². The second-order valence-electron chi connectivity index (χ2n) is 8.29. The summed E-state index contributed by atoms with van der Waals surface area (Å²) in [6.45, 7) is 0.473. The van der Waals surface area contributed by atoms with Crippen molar-refractivity contribution in [2.45, 2.75) is 38.0 Å². The number of hydrogen-bond acceptors (Lipinski definition) is 3. The second kappa shape index (κ2) is 8.86. The van der Waals surface area contributed by atoms with Crippen molar-refractivity contribution in [3.05, 3.63) is 59.4 Å². The first-order valence-electron chi connectivity index (χ1n) is 10.5. The van der Waals surface area contributed by atoms with Gasteiger partial charge < -0.3 is 15.0 Å². The number of rotatable bonds is 8. The van der Waals surface area contributed by atoms with Crippen LogP contribution in [0.3, 0.4) is 0 Å². The monoisotopic (exact) mass is 410 g/mol. The van der Waals surface area contributed by atoms with E-state index in [4.69, 9.17) is 4.74 Å². The SMILES string of the molecule is COc1ccc([C@@H]2CC(=O)N(CC(=O)Nc3cccc(F)c3)C2)cc1CCC1CC1. The average Bonchev–Trinajstić information content (AvgIpc) is 3.48. The highest BCUT2D eigenvalue weighted by Gasteiger charge is 2.32. The molecular weight excluding hydrogens is 383 g/mol. The van der Waals surface area contributed by atoms with Crippen LogP contribution in [0.5, 0.6) is 5.75 Å². The topological polar surface area (TPSA) is 58.6 Å². The van der Waals surface area contributed by atoms with Gasteiger partial charge in [-0.3, -0.25) is 9.59 Å². The van der Waals surface area contributed by atoms with Gasteiger partial charge in [-0.15, -0.1) is 0 Å². The van der Waals surface area contributed by atoms with Gasteiger partial charge in [0.2, 0.25) is 11.8 Å². The lowest BCUT2D eigenvalue weighted by atomic mass is 9.94. The van der Waals surface area contributed by atoms with Crippen LogP contribution in [-0.4, -0.2) is 36.9 Å². The van der Waals surface area contributed by atoms with E-state index in [2.05, 4.69) is 11.4 Å². The van der Waals surface area contributed by atoms with Gasteiger partial charge >= 0.3 is 0 Å². The summed E-state index contributed by atoms with van der Waals surface area (Å²) in [5.74, 6) is 1.03. The Labute approximate surface area is 176 Å². The molecule has 6 heteroatoms. The minimum absolute atomic E-state index is 0.0312. The van der Waals surface area contributed by atoms with E-state index < -0.39 is 5.82 Å². The van der Waals surface area contributed by atoms with Crippen molar-refractivity contribution < 1.29 is 18.7 Å². The van der Waals surface area contributed by atoms with Crippen LogP contribution in [0.2, 0.25) is 0 Å². The summed E-state index contributed by atoms with van der Waals surface area (Å²) >= 11 is 0. The molecule has 2 aliphatic rings. The third-order valence-corrected chi connectivity index (χ3v) is 5.95. The third-order valence-electron chi connectivity index (χ3n) is 5.95. The molecule has 5 nitrogen and oxygen atoms in total. The molecule has 1 aliphatic carbocycles. The molecule has 30 heavy (non-hydrogen) atoms. The van der Waals surface area contributed by atoms with Crippen LogP contribution in [0, 0.1) is 11.7 Å². The lowest BCUT2D eigenvalue weighted by molar-refractivity contribution is -0.131. The number of methoxy groups -OCH3 is 1. The Balaban J connectivity index is 1.38. The van der Waals surface area contributed by atoms with Gasteiger partial charge in [-0.25, -0.2) is 4.39 Å². The van der Waals surface area contributed by atoms with E-state index >= 15 is 0 Å². The first kappa shape index (κ1) is 20.4. The van der Waals surface area contributed by atoms with Crippen LogP contribution in [0.1, 0.15) is 42.7 Å². The number of nitrogens with one attached hydrogen (secondary N) is 1. The van der Waals surface area contributed by atoms with Gasteiger partial charge in [-0.05, 0) is 54.2 Å². The van der Waals surface area contributed by atoms with Crippen molar-refractivity contribution in [3.8, 4) is 5.75 Å². The molecule has 1 atom stereocenters. The first-order chi connectivity index (χ1) is 14.5. The fraction of sp³-hybridized carbons (Fsp3) is 0.417. The molecule has 2 amide bonds. The highest BCUT2D eigenvalue weighted by molar-refractivity contribution is 5.95. The van der Waals surface area contributed by atoms with E-state index in [1.165, 1.54) is 43.0 Å². The largest absolute Gasteiger partial charge is 0.496 e. The number of amides is 2. The Morgan fingerprint density at radius 1 is 1.23 bits per heavy atom. The predicted molar refractivity (Wildman–Crippen MR) is 113 cm³/mol. The van der Waals surface area contributed by atoms with E-state index in [9.17, 15) is 14.0 Å². The molecule has 2 aromatic carbocycles. The smallest absolute Gasteiger partial charge is 0.243 e. The number of benzene rings is 2. The minimum atomic E-state index is -0.415. The lowest BCUT2D eigenvalue weighted by Crippen LogP contribution is -2.34. The van der Waals surface area contributed by atoms with Crippen molar-refractivity contribution in [3.63, 3.8) is 0 Å². The Kier molecular flexibility index (Phi) is 6.02. The van der Waals surface area contributed by atoms with E-state index in [0.717, 1.165) is 23.7 Å². The number of ether oxygens (including phenoxy) is 1. The second-order valence-corrected chi connectivity index (χ2v) is 8.29. The van der Waals surface area contributed by atoms with E-state index in [1.807, 2.05) is 12.1 Å². The van der Waals surface area contributed by atoms with Crippen LogP contribution in [-0.2, 0) is 16.0 Å². The highest BCUT2D eigenvalue weighted by atomic mass is 19.1. The Morgan fingerprint density at radius 3 is 2.80 bits per heavy atom. The minimum Gasteiger partial charge on any atom is -0.496 e. The predicted octanol–water partition coefficient (Wildman–Crippen LogP) is 4.13. The summed E-state index contributed by atoms with van der Waals surface area (Å²) in [6, 6.07) is 11.9. The van der Waals surface area contributed by atoms with Crippen molar-refractivity contribution in [1.29, 1.82) is 0 Å². The molecular formula is C24H27FN2O3. The molecule has 2 aromatic rings. The van der Waals surface area contributed by atoms with E-state index in [1.54, 1.807) is 18.1 Å². The molecule has 1 heterocycles. The molecule has 1 N–H and O–H groups in total. The Hall–Kier alpha value is -2.89. The molecule has 0 bridgehead atoms. The molecule has 1 aliphatic heterocycles. The summed E-state index contributed by atoms with van der Waals surface area (Å²) in [5, 5.41) is 2.65. The third kappa shape index (κ3) is 4.99. The zero-order chi connectivity index (χ0) is 21.1. The highest BCUT2D eigenvalue weighted by Crippen LogP contribution is 2.36. The molecule has 158 valence electrons. The molecule has 0 unspecified atom stereocenters. The zero-order valence-corrected chi connectivity index (χ0v) is 17.2. The van der Waals surface area contributed by atoms with Crippen LogP contribution in [0.15, 0.2) is 42.5 Å². The number of nitrogens with zero attached hydrogens (tertiary/aromatic N) is 1. The van der Waals surface area contributed by atoms with Gasteiger partial charge in [0.25, 0.3) is 0 Å². The first-order valence-corrected chi connectivity index (χ1v) is 10.5. The van der Waals surface area contributed by atoms with Gasteiger partial charge in [-0.1, -0.05) is 31.0 Å². The summed E-state index contributed by atoms with van der Waals surface area (Å²) in [7, 11) is 1.69. The number of hydrogen-bond donors (Lipinski definition) is 1. The fourth-order valence-electron chi connectivity index (χ4n) is 4.10. The van der Waals surface area contributed by atoms with E-state index in [-0.39, 0.29) is 24.3 Å². The van der Waals surface area contributed by atoms with Crippen LogP contribution >= 0.6 is 0 Å². The summed E-state index contributed by atoms with van der Waals surface area (Å²) in [4.78, 5) is 26.4. The molecule has 1 saturated carbocycles. The normalized spacial score (nSPS) is 18.5. The number of likely N-dealkylation sites (tertiary alicyclic amines) is 1. The molecule has 0 radical (unpaired) electrons. The molecule has 0 spiro atoms. The van der Waals surface area contributed by atoms with Gasteiger partial charge in [0.05, 0.1) is 13.7 Å². The Morgan fingerprint density at radius 2 is 2.07 bits per heavy atom. The van der Waals surface area contributed by atoms with Crippen molar-refractivity contribution in [1.82, 2.24) is 4.90 Å². The quantitative estimate of drug-likeness (QED) is 0.712. The van der Waals surface area contributed by atoms with Gasteiger partial charge in [0, 0.05) is 24.6 Å². The zero-order valence-electron chi connectivity index (χ0n) is 17.2. The number of aryl methyl sites for hydroxylation is 1. The number of halogens is 1. The number of carbonyl (C=O) groups excluding carboxylic acids is 2. The summed E-state index contributed by atoms with van der Waals surface area (Å²) in [5.41, 5.74) is 2.69. The van der Waals surface area contributed by atoms with Gasteiger partial charge in [0.1, 0.15) is 11.6 Å². The van der Waals surface area contributed by atoms with E-state index in [0.29, 0.717) is 18.7 Å². The average molecular weight is 410 g/mol. The molecule has 4 rings (SSSR count). The van der Waals surface area contributed by atoms with Crippen LogP contribution in [0.4, 0.5) is 10.1 Å². The summed E-state index contributed by atoms with van der Waals surface area (Å²) < 4.78 is 18.8. The van der Waals surface area contributed by atoms with Gasteiger partial charge in [0.15, 0.2) is 0 Å². The maximum atomic E-state index is 13.3. The molecule has 1 saturated heterocycles. The lowest BCUT2D eigenvalue weighted by Gasteiger charge is -2.17. The van der Waals surface area contributed by atoms with Gasteiger partial charge in [-0.2, -0.15) is 0 Å². The van der Waals surface area contributed by atoms with Crippen molar-refractivity contribution in [2.24, 2.45) is 5.92 Å². The van der Waals surface area contributed by atoms with Crippen molar-refractivity contribution in [2.75, 3.05) is 25.5 Å². The van der Waals surface area contributed by atoms with Crippen LogP contribution < -0.4 is 10.1 Å². The maximum absolute atomic E-state index is 13.3. The number of carbonyl (C=O) groups is 2. The molecule has 0 aromatic heterocycles. The van der Waals surface area contributed by atoms with Crippen LogP contribution in [0.25, 0.3) is 0 Å². The Bertz CT molecular complexity index is 942. The fourth-order valence-corrected chi connectivity index (χ4v) is 4.10. The number of anilines is 1. The maximum Gasteiger partial charge on any atom is 0.243 e. The standard InChI is InChI=1S/C24H27FN2O3/c1-30-22-10-9-17(11-18(22)8-7-16-5-6-16)19-12-24(29)27(14-19)15-23(28)26-21-4-2-3-20(25)13-21/h2-4,9-11,13,16,19H,5-8,12,14-15H2,1H3,(H,26,28)/t19-/m1/s1. The summed E-state index contributed by atoms with van der Waals surface area (Å²) in [6.07, 6.45) is 5.21. The molecule has 2 fully saturated rings.